The highest BCUT2D eigenvalue weighted by Gasteiger charge is 2.30. The van der Waals surface area contributed by atoms with Crippen molar-refractivity contribution in [2.24, 2.45) is 0 Å². The lowest BCUT2D eigenvalue weighted by Crippen LogP contribution is -2.29. The lowest BCUT2D eigenvalue weighted by molar-refractivity contribution is 0.0989. The molecule has 1 aliphatic heterocycles. The summed E-state index contributed by atoms with van der Waals surface area (Å²) in [6.07, 6.45) is 0.824. The summed E-state index contributed by atoms with van der Waals surface area (Å²) < 4.78 is 14.6. The molecule has 2 aromatic carbocycles. The zero-order valence-electron chi connectivity index (χ0n) is 13.5. The predicted molar refractivity (Wildman–Crippen MR) is 95.1 cm³/mol. The number of para-hydroxylation sites is 1. The smallest absolute Gasteiger partial charge is 0.263 e. The Morgan fingerprint density at radius 2 is 1.88 bits per heavy atom. The molecule has 1 aliphatic rings. The highest BCUT2D eigenvalue weighted by Crippen LogP contribution is 2.32. The summed E-state index contributed by atoms with van der Waals surface area (Å²) in [4.78, 5) is 14.8. The Bertz CT molecular complexity index is 965. The second kappa shape index (κ2) is 6.01. The van der Waals surface area contributed by atoms with Crippen molar-refractivity contribution in [3.8, 4) is 5.69 Å². The Morgan fingerprint density at radius 1 is 1.16 bits per heavy atom. The van der Waals surface area contributed by atoms with Crippen LogP contribution in [-0.2, 0) is 6.42 Å². The van der Waals surface area contributed by atoms with Crippen LogP contribution in [0.15, 0.2) is 48.5 Å². The van der Waals surface area contributed by atoms with Crippen molar-refractivity contribution in [3.05, 3.63) is 76.3 Å². The van der Waals surface area contributed by atoms with E-state index < -0.39 is 0 Å². The molecule has 0 radical (unpaired) electrons. The Hall–Kier alpha value is -2.66. The molecule has 25 heavy (non-hydrogen) atoms. The molecule has 0 saturated carbocycles. The van der Waals surface area contributed by atoms with Gasteiger partial charge in [0.05, 0.1) is 11.4 Å². The summed E-state index contributed by atoms with van der Waals surface area (Å²) >= 11 is 6.46. The first-order valence-electron chi connectivity index (χ1n) is 7.97. The van der Waals surface area contributed by atoms with Crippen molar-refractivity contribution in [2.45, 2.75) is 13.3 Å². The Kier molecular flexibility index (Phi) is 3.81. The van der Waals surface area contributed by atoms with Crippen LogP contribution in [0, 0.1) is 12.7 Å². The van der Waals surface area contributed by atoms with Crippen molar-refractivity contribution in [1.82, 2.24) is 9.78 Å². The number of anilines is 1. The lowest BCUT2D eigenvalue weighted by Gasteiger charge is -2.17. The Balaban J connectivity index is 1.74. The van der Waals surface area contributed by atoms with Crippen molar-refractivity contribution < 1.29 is 9.18 Å². The molecule has 0 N–H and O–H groups in total. The first-order valence-corrected chi connectivity index (χ1v) is 8.35. The van der Waals surface area contributed by atoms with Crippen LogP contribution < -0.4 is 4.90 Å². The Labute approximate surface area is 149 Å². The number of hydrogen-bond acceptors (Lipinski definition) is 2. The normalized spacial score (nSPS) is 13.2. The topological polar surface area (TPSA) is 38.1 Å². The van der Waals surface area contributed by atoms with Gasteiger partial charge in [0.2, 0.25) is 0 Å². The number of benzene rings is 2. The molecule has 1 amide bonds. The van der Waals surface area contributed by atoms with E-state index >= 15 is 0 Å². The third-order valence-electron chi connectivity index (χ3n) is 4.42. The number of aromatic nitrogens is 2. The molecule has 6 heteroatoms. The molecule has 0 atom stereocenters. The van der Waals surface area contributed by atoms with E-state index in [0.717, 1.165) is 17.7 Å². The number of nitrogens with zero attached hydrogens (tertiary/aromatic N) is 3. The van der Waals surface area contributed by atoms with Crippen molar-refractivity contribution in [2.75, 3.05) is 11.4 Å². The summed E-state index contributed by atoms with van der Waals surface area (Å²) in [7, 11) is 0. The van der Waals surface area contributed by atoms with Crippen molar-refractivity contribution >= 4 is 23.2 Å². The zero-order valence-corrected chi connectivity index (χ0v) is 14.3. The van der Waals surface area contributed by atoms with Gasteiger partial charge >= 0.3 is 0 Å². The van der Waals surface area contributed by atoms with Gasteiger partial charge in [-0.05, 0) is 49.2 Å². The van der Waals surface area contributed by atoms with Crippen molar-refractivity contribution in [1.29, 1.82) is 0 Å². The molecule has 0 aliphatic carbocycles. The minimum absolute atomic E-state index is 0.166. The van der Waals surface area contributed by atoms with Gasteiger partial charge in [-0.2, -0.15) is 5.10 Å². The van der Waals surface area contributed by atoms with Crippen LogP contribution in [0.1, 0.15) is 21.6 Å². The molecule has 1 aromatic heterocycles. The number of carbonyl (C=O) groups is 1. The molecule has 4 rings (SSSR count). The minimum Gasteiger partial charge on any atom is -0.308 e. The number of halogens is 2. The molecular formula is C19H15ClFN3O. The number of rotatable bonds is 2. The third-order valence-corrected chi connectivity index (χ3v) is 4.77. The van der Waals surface area contributed by atoms with Gasteiger partial charge in [-0.3, -0.25) is 4.79 Å². The van der Waals surface area contributed by atoms with E-state index in [1.165, 1.54) is 16.8 Å². The van der Waals surface area contributed by atoms with Gasteiger partial charge in [0.25, 0.3) is 5.91 Å². The van der Waals surface area contributed by atoms with E-state index in [2.05, 4.69) is 5.10 Å². The standard InChI is InChI=1S/C19H15ClFN3O/c1-12-17(18(20)24(22-12)15-8-6-14(21)7-9-15)19(25)23-11-10-13-4-2-3-5-16(13)23/h2-9H,10-11H2,1H3. The van der Waals surface area contributed by atoms with E-state index in [4.69, 9.17) is 11.6 Å². The maximum atomic E-state index is 13.1. The van der Waals surface area contributed by atoms with Crippen molar-refractivity contribution in [3.63, 3.8) is 0 Å². The zero-order chi connectivity index (χ0) is 17.6. The minimum atomic E-state index is -0.339. The fourth-order valence-electron chi connectivity index (χ4n) is 3.18. The summed E-state index contributed by atoms with van der Waals surface area (Å²) in [6, 6.07) is 13.7. The van der Waals surface area contributed by atoms with E-state index in [1.807, 2.05) is 24.3 Å². The molecule has 4 nitrogen and oxygen atoms in total. The van der Waals surface area contributed by atoms with Gasteiger partial charge in [-0.15, -0.1) is 0 Å². The molecule has 0 fully saturated rings. The van der Waals surface area contributed by atoms with Crippen LogP contribution in [0.5, 0.6) is 0 Å². The molecule has 2 heterocycles. The van der Waals surface area contributed by atoms with Gasteiger partial charge in [0.1, 0.15) is 16.5 Å². The highest BCUT2D eigenvalue weighted by molar-refractivity contribution is 6.34. The highest BCUT2D eigenvalue weighted by atomic mass is 35.5. The maximum Gasteiger partial charge on any atom is 0.263 e. The largest absolute Gasteiger partial charge is 0.308 e. The first kappa shape index (κ1) is 15.8. The molecule has 0 spiro atoms. The number of carbonyl (C=O) groups excluding carboxylic acids is 1. The molecule has 3 aromatic rings. The molecular weight excluding hydrogens is 341 g/mol. The second-order valence-corrected chi connectivity index (χ2v) is 6.33. The second-order valence-electron chi connectivity index (χ2n) is 5.97. The summed E-state index contributed by atoms with van der Waals surface area (Å²) in [6.45, 7) is 2.37. The molecule has 126 valence electrons. The van der Waals surface area contributed by atoms with Crippen LogP contribution in [0.4, 0.5) is 10.1 Å². The van der Waals surface area contributed by atoms with Gasteiger partial charge in [0, 0.05) is 12.2 Å². The SMILES string of the molecule is Cc1nn(-c2ccc(F)cc2)c(Cl)c1C(=O)N1CCc2ccccc21. The maximum absolute atomic E-state index is 13.1. The number of amides is 1. The number of fused-ring (bicyclic) bond motifs is 1. The van der Waals surface area contributed by atoms with E-state index in [-0.39, 0.29) is 16.9 Å². The lowest BCUT2D eigenvalue weighted by atomic mass is 10.2. The van der Waals surface area contributed by atoms with Crippen LogP contribution in [0.2, 0.25) is 5.15 Å². The van der Waals surface area contributed by atoms with Gasteiger partial charge < -0.3 is 4.90 Å². The summed E-state index contributed by atoms with van der Waals surface area (Å²) in [5.74, 6) is -0.505. The third kappa shape index (κ3) is 2.61. The average Bonchev–Trinajstić information content (AvgIpc) is 3.16. The van der Waals surface area contributed by atoms with Gasteiger partial charge in [0.15, 0.2) is 0 Å². The van der Waals surface area contributed by atoms with Gasteiger partial charge in [-0.25, -0.2) is 9.07 Å². The first-order chi connectivity index (χ1) is 12.1. The van der Waals surface area contributed by atoms with Crippen LogP contribution >= 0.6 is 11.6 Å². The van der Waals surface area contributed by atoms with E-state index in [0.29, 0.717) is 23.5 Å². The quantitative estimate of drug-likeness (QED) is 0.691. The summed E-state index contributed by atoms with van der Waals surface area (Å²) in [5.41, 5.74) is 3.59. The summed E-state index contributed by atoms with van der Waals surface area (Å²) in [5, 5.41) is 4.61. The Morgan fingerprint density at radius 3 is 2.64 bits per heavy atom. The predicted octanol–water partition coefficient (Wildman–Crippen LogP) is 4.18. The van der Waals surface area contributed by atoms with Crippen LogP contribution in [-0.4, -0.2) is 22.2 Å². The number of aryl methyl sites for hydroxylation is 1. The number of hydrogen-bond donors (Lipinski definition) is 0. The van der Waals surface area contributed by atoms with Crippen LogP contribution in [0.25, 0.3) is 5.69 Å². The molecule has 0 unspecified atom stereocenters. The van der Waals surface area contributed by atoms with E-state index in [9.17, 15) is 9.18 Å². The average molecular weight is 356 g/mol. The molecule has 0 saturated heterocycles. The van der Waals surface area contributed by atoms with Crippen LogP contribution in [0.3, 0.4) is 0 Å². The fraction of sp³-hybridized carbons (Fsp3) is 0.158. The fourth-order valence-corrected chi connectivity index (χ4v) is 3.53. The van der Waals surface area contributed by atoms with Gasteiger partial charge in [-0.1, -0.05) is 29.8 Å². The molecule has 0 bridgehead atoms. The monoisotopic (exact) mass is 355 g/mol. The van der Waals surface area contributed by atoms with E-state index in [1.54, 1.807) is 24.0 Å².